The number of hydrogen-bond donors (Lipinski definition) is 4. The van der Waals surface area contributed by atoms with Crippen LogP contribution in [0.1, 0.15) is 23.5 Å². The Kier molecular flexibility index (Phi) is 5.11. The number of carbonyl (C=O) groups is 1. The normalized spacial score (nSPS) is 18.3. The van der Waals surface area contributed by atoms with E-state index in [1.54, 1.807) is 7.11 Å². The van der Waals surface area contributed by atoms with Gasteiger partial charge in [-0.2, -0.15) is 0 Å². The molecule has 0 saturated carbocycles. The Morgan fingerprint density at radius 1 is 1.25 bits per heavy atom. The second-order valence-electron chi connectivity index (χ2n) is 8.05. The van der Waals surface area contributed by atoms with E-state index >= 15 is 0 Å². The van der Waals surface area contributed by atoms with Crippen LogP contribution in [0.3, 0.4) is 0 Å². The van der Waals surface area contributed by atoms with E-state index in [0.29, 0.717) is 17.0 Å². The van der Waals surface area contributed by atoms with Gasteiger partial charge < -0.3 is 25.5 Å². The molecule has 2 atom stereocenters. The smallest absolute Gasteiger partial charge is 0.321 e. The second kappa shape index (κ2) is 7.96. The number of anilines is 2. The third-order valence-electron chi connectivity index (χ3n) is 6.18. The number of H-pyrrole nitrogens is 1. The molecule has 1 fully saturated rings. The topological polar surface area (TPSA) is 103 Å². The van der Waals surface area contributed by atoms with Gasteiger partial charge in [0.05, 0.1) is 18.3 Å². The Hall–Kier alpha value is -3.36. The first-order valence-corrected chi connectivity index (χ1v) is 11.3. The maximum atomic E-state index is 12.5. The third-order valence-corrected chi connectivity index (χ3v) is 7.10. The van der Waals surface area contributed by atoms with Crippen molar-refractivity contribution in [3.05, 3.63) is 63.3 Å². The van der Waals surface area contributed by atoms with Gasteiger partial charge in [0.1, 0.15) is 16.5 Å². The molecule has 0 amide bonds. The van der Waals surface area contributed by atoms with Crippen molar-refractivity contribution in [2.75, 3.05) is 19.0 Å². The van der Waals surface area contributed by atoms with Gasteiger partial charge in [0, 0.05) is 22.4 Å². The largest absolute Gasteiger partial charge is 0.495 e. The summed E-state index contributed by atoms with van der Waals surface area (Å²) in [7, 11) is 1.63. The fourth-order valence-corrected chi connectivity index (χ4v) is 5.43. The molecule has 0 spiro atoms. The van der Waals surface area contributed by atoms with Crippen LogP contribution >= 0.6 is 11.3 Å². The Labute approximate surface area is 188 Å². The van der Waals surface area contributed by atoms with Gasteiger partial charge in [0.2, 0.25) is 0 Å². The Bertz CT molecular complexity index is 1390. The number of aromatic amines is 1. The Morgan fingerprint density at radius 2 is 2.03 bits per heavy atom. The number of benzene rings is 2. The van der Waals surface area contributed by atoms with E-state index in [9.17, 15) is 14.7 Å². The number of rotatable bonds is 5. The van der Waals surface area contributed by atoms with Crippen LogP contribution in [0.5, 0.6) is 5.75 Å². The lowest BCUT2D eigenvalue weighted by atomic mass is 9.92. The number of pyridine rings is 1. The molecule has 3 heterocycles. The van der Waals surface area contributed by atoms with E-state index in [4.69, 9.17) is 4.74 Å². The molecule has 1 unspecified atom stereocenters. The van der Waals surface area contributed by atoms with Gasteiger partial charge in [0.15, 0.2) is 0 Å². The molecule has 0 radical (unpaired) electrons. The molecule has 1 saturated heterocycles. The fraction of sp³-hybridized carbons (Fsp3) is 0.250. The van der Waals surface area contributed by atoms with E-state index in [1.807, 2.05) is 48.7 Å². The highest BCUT2D eigenvalue weighted by atomic mass is 32.1. The van der Waals surface area contributed by atoms with Crippen molar-refractivity contribution in [2.24, 2.45) is 0 Å². The monoisotopic (exact) mass is 449 g/mol. The molecule has 5 rings (SSSR count). The summed E-state index contributed by atoms with van der Waals surface area (Å²) in [5.74, 6) is -0.185. The number of fused-ring (bicyclic) bond motifs is 3. The van der Waals surface area contributed by atoms with Crippen LogP contribution in [-0.2, 0) is 4.79 Å². The molecule has 2 aromatic carbocycles. The molecule has 0 aliphatic carbocycles. The number of carboxylic acids is 1. The molecule has 4 N–H and O–H groups in total. The van der Waals surface area contributed by atoms with Gasteiger partial charge in [-0.1, -0.05) is 12.1 Å². The van der Waals surface area contributed by atoms with Crippen molar-refractivity contribution in [1.82, 2.24) is 10.3 Å². The Morgan fingerprint density at radius 3 is 2.75 bits per heavy atom. The van der Waals surface area contributed by atoms with Crippen LogP contribution in [0.25, 0.3) is 21.0 Å². The number of aryl methyl sites for hydroxylation is 1. The molecule has 7 nitrogen and oxygen atoms in total. The first-order chi connectivity index (χ1) is 15.5. The summed E-state index contributed by atoms with van der Waals surface area (Å²) in [5, 5.41) is 19.7. The van der Waals surface area contributed by atoms with Crippen molar-refractivity contribution in [3.63, 3.8) is 0 Å². The maximum absolute atomic E-state index is 12.5. The fourth-order valence-electron chi connectivity index (χ4n) is 4.63. The summed E-state index contributed by atoms with van der Waals surface area (Å²) in [6, 6.07) is 11.2. The van der Waals surface area contributed by atoms with Crippen molar-refractivity contribution in [1.29, 1.82) is 0 Å². The lowest BCUT2D eigenvalue weighted by Gasteiger charge is -2.18. The summed E-state index contributed by atoms with van der Waals surface area (Å²) in [4.78, 5) is 27.1. The summed E-state index contributed by atoms with van der Waals surface area (Å²) >= 11 is 1.42. The van der Waals surface area contributed by atoms with E-state index in [-0.39, 0.29) is 11.5 Å². The predicted molar refractivity (Wildman–Crippen MR) is 128 cm³/mol. The van der Waals surface area contributed by atoms with Crippen LogP contribution in [-0.4, -0.2) is 35.8 Å². The first kappa shape index (κ1) is 20.5. The summed E-state index contributed by atoms with van der Waals surface area (Å²) in [6.07, 6.45) is 0.795. The van der Waals surface area contributed by atoms with E-state index < -0.39 is 12.0 Å². The zero-order chi connectivity index (χ0) is 22.4. The minimum atomic E-state index is -0.820. The lowest BCUT2D eigenvalue weighted by molar-refractivity contribution is -0.139. The SMILES string of the molecule is COc1cc(C)c2[nH]c(=O)c3sccc3c2c1Nc1ccc(C2CCN[C@@H]2C(=O)O)cc1. The summed E-state index contributed by atoms with van der Waals surface area (Å²) < 4.78 is 6.36. The van der Waals surface area contributed by atoms with E-state index in [2.05, 4.69) is 15.6 Å². The van der Waals surface area contributed by atoms with E-state index in [1.165, 1.54) is 11.3 Å². The van der Waals surface area contributed by atoms with Crippen molar-refractivity contribution in [3.8, 4) is 5.75 Å². The number of ether oxygens (including phenoxy) is 1. The first-order valence-electron chi connectivity index (χ1n) is 10.4. The molecule has 1 aliphatic heterocycles. The highest BCUT2D eigenvalue weighted by molar-refractivity contribution is 7.17. The zero-order valence-electron chi connectivity index (χ0n) is 17.7. The van der Waals surface area contributed by atoms with Gasteiger partial charge in [-0.25, -0.2) is 0 Å². The second-order valence-corrected chi connectivity index (χ2v) is 8.97. The Balaban J connectivity index is 1.58. The highest BCUT2D eigenvalue weighted by Gasteiger charge is 2.33. The minimum Gasteiger partial charge on any atom is -0.495 e. The van der Waals surface area contributed by atoms with Gasteiger partial charge in [-0.15, -0.1) is 11.3 Å². The standard InChI is InChI=1S/C24H23N3O4S/c1-12-11-17(31-2)21(18-16-8-10-32-22(16)23(28)27-19(12)18)26-14-5-3-13(4-6-14)15-7-9-25-20(15)24(29)30/h3-6,8,10-11,15,20,25-26H,7,9H2,1-2H3,(H,27,28)(H,29,30)/t15?,20-/m0/s1. The molecule has 8 heteroatoms. The van der Waals surface area contributed by atoms with Gasteiger partial charge >= 0.3 is 5.97 Å². The van der Waals surface area contributed by atoms with Crippen molar-refractivity contribution in [2.45, 2.75) is 25.3 Å². The van der Waals surface area contributed by atoms with Crippen LogP contribution in [0.2, 0.25) is 0 Å². The number of aliphatic carboxylic acids is 1. The predicted octanol–water partition coefficient (Wildman–Crippen LogP) is 4.33. The zero-order valence-corrected chi connectivity index (χ0v) is 18.5. The number of thiophene rings is 1. The molecule has 32 heavy (non-hydrogen) atoms. The van der Waals surface area contributed by atoms with Crippen molar-refractivity contribution < 1.29 is 14.6 Å². The summed E-state index contributed by atoms with van der Waals surface area (Å²) in [5.41, 5.74) is 4.25. The highest BCUT2D eigenvalue weighted by Crippen LogP contribution is 2.41. The molecule has 0 bridgehead atoms. The molecule has 2 aromatic heterocycles. The maximum Gasteiger partial charge on any atom is 0.321 e. The third kappa shape index (κ3) is 3.32. The molecule has 164 valence electrons. The molecular weight excluding hydrogens is 426 g/mol. The summed E-state index contributed by atoms with van der Waals surface area (Å²) in [6.45, 7) is 2.65. The molecule has 1 aliphatic rings. The van der Waals surface area contributed by atoms with E-state index in [0.717, 1.165) is 45.2 Å². The van der Waals surface area contributed by atoms with Crippen LogP contribution in [0.4, 0.5) is 11.4 Å². The van der Waals surface area contributed by atoms with Crippen LogP contribution < -0.4 is 20.9 Å². The number of carboxylic acid groups (broad SMARTS) is 1. The number of methoxy groups -OCH3 is 1. The average Bonchev–Trinajstić information content (AvgIpc) is 3.46. The molecular formula is C24H23N3O4S. The minimum absolute atomic E-state index is 0.0493. The van der Waals surface area contributed by atoms with Gasteiger partial charge in [-0.05, 0) is 60.7 Å². The van der Waals surface area contributed by atoms with Gasteiger partial charge in [0.25, 0.3) is 5.56 Å². The van der Waals surface area contributed by atoms with Crippen LogP contribution in [0.15, 0.2) is 46.6 Å². The molecule has 4 aromatic rings. The lowest BCUT2D eigenvalue weighted by Crippen LogP contribution is -2.34. The number of nitrogens with one attached hydrogen (secondary N) is 3. The number of aromatic nitrogens is 1. The van der Waals surface area contributed by atoms with Gasteiger partial charge in [-0.3, -0.25) is 9.59 Å². The number of hydrogen-bond acceptors (Lipinski definition) is 6. The van der Waals surface area contributed by atoms with Crippen molar-refractivity contribution >= 4 is 49.7 Å². The average molecular weight is 450 g/mol. The van der Waals surface area contributed by atoms with Crippen LogP contribution in [0, 0.1) is 6.92 Å². The quantitative estimate of drug-likeness (QED) is 0.362.